The van der Waals surface area contributed by atoms with Crippen LogP contribution in [-0.4, -0.2) is 17.3 Å². The first-order valence-electron chi connectivity index (χ1n) is 5.88. The minimum absolute atomic E-state index is 0.286. The van der Waals surface area contributed by atoms with Crippen molar-refractivity contribution in [2.75, 3.05) is 6.54 Å². The molecule has 0 unspecified atom stereocenters. The highest BCUT2D eigenvalue weighted by Gasteiger charge is 2.21. The van der Waals surface area contributed by atoms with Gasteiger partial charge < -0.3 is 10.4 Å². The monoisotopic (exact) mass is 243 g/mol. The molecule has 2 nitrogen and oxygen atoms in total. The summed E-state index contributed by atoms with van der Waals surface area (Å²) in [4.78, 5) is 0. The molecule has 0 aliphatic carbocycles. The second-order valence-corrected chi connectivity index (χ2v) is 4.27. The zero-order valence-electron chi connectivity index (χ0n) is 10.3. The summed E-state index contributed by atoms with van der Waals surface area (Å²) in [6, 6.07) is 3.50. The van der Waals surface area contributed by atoms with Gasteiger partial charge in [0, 0.05) is 24.7 Å². The second kappa shape index (κ2) is 6.07. The Morgan fingerprint density at radius 1 is 1.24 bits per heavy atom. The van der Waals surface area contributed by atoms with Gasteiger partial charge in [-0.25, -0.2) is 8.78 Å². The third-order valence-electron chi connectivity index (χ3n) is 3.10. The van der Waals surface area contributed by atoms with Crippen molar-refractivity contribution in [1.29, 1.82) is 0 Å². The van der Waals surface area contributed by atoms with Gasteiger partial charge in [-0.15, -0.1) is 0 Å². The van der Waals surface area contributed by atoms with Gasteiger partial charge in [0.2, 0.25) is 0 Å². The van der Waals surface area contributed by atoms with Crippen molar-refractivity contribution in [2.45, 2.75) is 38.8 Å². The van der Waals surface area contributed by atoms with Crippen LogP contribution in [-0.2, 0) is 6.54 Å². The first-order chi connectivity index (χ1) is 8.00. The summed E-state index contributed by atoms with van der Waals surface area (Å²) in [5, 5.41) is 13.0. The van der Waals surface area contributed by atoms with Crippen LogP contribution in [0.3, 0.4) is 0 Å². The number of nitrogens with one attached hydrogen (secondary N) is 1. The number of halogens is 2. The van der Waals surface area contributed by atoms with Crippen LogP contribution in [0.5, 0.6) is 0 Å². The van der Waals surface area contributed by atoms with E-state index >= 15 is 0 Å². The molecule has 17 heavy (non-hydrogen) atoms. The zero-order valence-corrected chi connectivity index (χ0v) is 10.3. The predicted molar refractivity (Wildman–Crippen MR) is 63.6 cm³/mol. The summed E-state index contributed by atoms with van der Waals surface area (Å²) in [7, 11) is 0. The lowest BCUT2D eigenvalue weighted by Gasteiger charge is -2.25. The quantitative estimate of drug-likeness (QED) is 0.805. The standard InChI is InChI=1S/C13H19F2NO/c1-3-13(17,4-2)9-16-8-10-5-6-11(14)7-12(10)15/h5-7,16-17H,3-4,8-9H2,1-2H3. The number of rotatable bonds is 6. The Bertz CT molecular complexity index is 364. The van der Waals surface area contributed by atoms with Gasteiger partial charge in [-0.2, -0.15) is 0 Å². The second-order valence-electron chi connectivity index (χ2n) is 4.27. The lowest BCUT2D eigenvalue weighted by atomic mass is 9.97. The Hall–Kier alpha value is -1.00. The molecule has 2 N–H and O–H groups in total. The summed E-state index contributed by atoms with van der Waals surface area (Å²) >= 11 is 0. The van der Waals surface area contributed by atoms with E-state index in [9.17, 15) is 13.9 Å². The molecule has 0 atom stereocenters. The molecule has 0 saturated heterocycles. The molecule has 0 heterocycles. The summed E-state index contributed by atoms with van der Waals surface area (Å²) in [6.07, 6.45) is 1.28. The summed E-state index contributed by atoms with van der Waals surface area (Å²) in [5.74, 6) is -1.14. The molecule has 1 aromatic carbocycles. The van der Waals surface area contributed by atoms with Crippen molar-refractivity contribution in [1.82, 2.24) is 5.32 Å². The number of aliphatic hydroxyl groups is 1. The first-order valence-corrected chi connectivity index (χ1v) is 5.88. The molecule has 1 rings (SSSR count). The lowest BCUT2D eigenvalue weighted by molar-refractivity contribution is 0.0322. The molecule has 4 heteroatoms. The normalized spacial score (nSPS) is 11.8. The Labute approximate surface area is 101 Å². The van der Waals surface area contributed by atoms with Crippen LogP contribution in [0.1, 0.15) is 32.3 Å². The first kappa shape index (κ1) is 14.1. The van der Waals surface area contributed by atoms with E-state index in [1.165, 1.54) is 12.1 Å². The number of hydrogen-bond donors (Lipinski definition) is 2. The van der Waals surface area contributed by atoms with Crippen LogP contribution < -0.4 is 5.32 Å². The minimum Gasteiger partial charge on any atom is -0.389 e. The van der Waals surface area contributed by atoms with E-state index < -0.39 is 17.2 Å². The Balaban J connectivity index is 2.51. The average molecular weight is 243 g/mol. The van der Waals surface area contributed by atoms with Crippen LogP contribution >= 0.6 is 0 Å². The van der Waals surface area contributed by atoms with Gasteiger partial charge in [0.15, 0.2) is 0 Å². The topological polar surface area (TPSA) is 32.3 Å². The fourth-order valence-electron chi connectivity index (χ4n) is 1.59. The SMILES string of the molecule is CCC(O)(CC)CNCc1ccc(F)cc1F. The molecular formula is C13H19F2NO. The minimum atomic E-state index is -0.753. The molecule has 0 radical (unpaired) electrons. The van der Waals surface area contributed by atoms with Crippen molar-refractivity contribution < 1.29 is 13.9 Å². The molecule has 1 aromatic rings. The maximum atomic E-state index is 13.3. The zero-order chi connectivity index (χ0) is 12.9. The van der Waals surface area contributed by atoms with Crippen molar-refractivity contribution in [2.24, 2.45) is 0 Å². The fraction of sp³-hybridized carbons (Fsp3) is 0.538. The summed E-state index contributed by atoms with van der Waals surface area (Å²) < 4.78 is 26.0. The van der Waals surface area contributed by atoms with Crippen LogP contribution in [0.15, 0.2) is 18.2 Å². The predicted octanol–water partition coefficient (Wildman–Crippen LogP) is 2.61. The largest absolute Gasteiger partial charge is 0.389 e. The van der Waals surface area contributed by atoms with Crippen molar-refractivity contribution >= 4 is 0 Å². The van der Waals surface area contributed by atoms with Gasteiger partial charge in [-0.05, 0) is 18.9 Å². The van der Waals surface area contributed by atoms with E-state index in [1.807, 2.05) is 13.8 Å². The highest BCUT2D eigenvalue weighted by molar-refractivity contribution is 5.18. The van der Waals surface area contributed by atoms with Gasteiger partial charge in [0.05, 0.1) is 5.60 Å². The van der Waals surface area contributed by atoms with E-state index in [0.29, 0.717) is 24.9 Å². The Kier molecular flexibility index (Phi) is 5.02. The third kappa shape index (κ3) is 4.06. The van der Waals surface area contributed by atoms with Crippen LogP contribution in [0.2, 0.25) is 0 Å². The van der Waals surface area contributed by atoms with Crippen molar-refractivity contribution in [3.8, 4) is 0 Å². The molecule has 0 spiro atoms. The van der Waals surface area contributed by atoms with Gasteiger partial charge in [-0.3, -0.25) is 0 Å². The van der Waals surface area contributed by atoms with Crippen molar-refractivity contribution in [3.05, 3.63) is 35.4 Å². The number of benzene rings is 1. The van der Waals surface area contributed by atoms with Crippen LogP contribution in [0.4, 0.5) is 8.78 Å². The highest BCUT2D eigenvalue weighted by atomic mass is 19.1. The van der Waals surface area contributed by atoms with E-state index in [1.54, 1.807) is 0 Å². The molecule has 0 bridgehead atoms. The van der Waals surface area contributed by atoms with Crippen LogP contribution in [0, 0.1) is 11.6 Å². The van der Waals surface area contributed by atoms with Gasteiger partial charge in [-0.1, -0.05) is 19.9 Å². The van der Waals surface area contributed by atoms with Gasteiger partial charge in [0.1, 0.15) is 11.6 Å². The molecule has 96 valence electrons. The van der Waals surface area contributed by atoms with Crippen LogP contribution in [0.25, 0.3) is 0 Å². The molecule has 0 saturated carbocycles. The maximum absolute atomic E-state index is 13.3. The number of hydrogen-bond acceptors (Lipinski definition) is 2. The van der Waals surface area contributed by atoms with E-state index in [2.05, 4.69) is 5.32 Å². The molecular weight excluding hydrogens is 224 g/mol. The summed E-state index contributed by atoms with van der Waals surface area (Å²) in [6.45, 7) is 4.50. The van der Waals surface area contributed by atoms with Gasteiger partial charge >= 0.3 is 0 Å². The van der Waals surface area contributed by atoms with E-state index in [-0.39, 0.29) is 6.54 Å². The molecule has 0 aliphatic rings. The Morgan fingerprint density at radius 3 is 2.41 bits per heavy atom. The van der Waals surface area contributed by atoms with E-state index in [4.69, 9.17) is 0 Å². The fourth-order valence-corrected chi connectivity index (χ4v) is 1.59. The summed E-state index contributed by atoms with van der Waals surface area (Å²) in [5.41, 5.74) is -0.350. The van der Waals surface area contributed by atoms with E-state index in [0.717, 1.165) is 6.07 Å². The molecule has 0 aliphatic heterocycles. The molecule has 0 amide bonds. The molecule has 0 fully saturated rings. The molecule has 0 aromatic heterocycles. The lowest BCUT2D eigenvalue weighted by Crippen LogP contribution is -2.39. The average Bonchev–Trinajstić information content (AvgIpc) is 2.32. The van der Waals surface area contributed by atoms with Gasteiger partial charge in [0.25, 0.3) is 0 Å². The van der Waals surface area contributed by atoms with Crippen molar-refractivity contribution in [3.63, 3.8) is 0 Å². The maximum Gasteiger partial charge on any atom is 0.130 e. The highest BCUT2D eigenvalue weighted by Crippen LogP contribution is 2.14. The third-order valence-corrected chi connectivity index (χ3v) is 3.10. The smallest absolute Gasteiger partial charge is 0.130 e. The Morgan fingerprint density at radius 2 is 1.88 bits per heavy atom.